The molecule has 1 saturated carbocycles. The van der Waals surface area contributed by atoms with Crippen molar-refractivity contribution in [2.75, 3.05) is 6.26 Å². The summed E-state index contributed by atoms with van der Waals surface area (Å²) in [4.78, 5) is 0. The lowest BCUT2D eigenvalue weighted by Crippen LogP contribution is -2.34. The van der Waals surface area contributed by atoms with Gasteiger partial charge in [-0.1, -0.05) is 6.42 Å². The van der Waals surface area contributed by atoms with Gasteiger partial charge in [-0.15, -0.1) is 0 Å². The molecule has 0 heterocycles. The second-order valence-electron chi connectivity index (χ2n) is 2.96. The van der Waals surface area contributed by atoms with Gasteiger partial charge in [-0.05, 0) is 12.8 Å². The second-order valence-corrected chi connectivity index (χ2v) is 5.23. The lowest BCUT2D eigenvalue weighted by atomic mass is 10.3. The topological polar surface area (TPSA) is 60.2 Å². The van der Waals surface area contributed by atoms with Gasteiger partial charge in [0, 0.05) is 12.3 Å². The predicted octanol–water partition coefficient (Wildman–Crippen LogP) is -0.0892. The van der Waals surface area contributed by atoms with Gasteiger partial charge in [-0.3, -0.25) is 0 Å². The van der Waals surface area contributed by atoms with Crippen LogP contribution in [0.2, 0.25) is 0 Å². The van der Waals surface area contributed by atoms with Crippen molar-refractivity contribution in [1.29, 1.82) is 0 Å². The smallest absolute Gasteiger partial charge is 0.151 e. The third-order valence-electron chi connectivity index (χ3n) is 2.05. The summed E-state index contributed by atoms with van der Waals surface area (Å²) in [5.74, 6) is 0. The van der Waals surface area contributed by atoms with Crippen LogP contribution in [0.15, 0.2) is 0 Å². The average Bonchev–Trinajstić information content (AvgIpc) is 2.11. The van der Waals surface area contributed by atoms with Gasteiger partial charge in [-0.25, -0.2) is 8.42 Å². The number of rotatable bonds is 1. The molecule has 0 aromatic heterocycles. The zero-order chi connectivity index (χ0) is 7.78. The normalized spacial score (nSPS) is 34.6. The molecule has 0 amide bonds. The molecule has 2 unspecified atom stereocenters. The first-order valence-electron chi connectivity index (χ1n) is 3.46. The van der Waals surface area contributed by atoms with Crippen LogP contribution in [0, 0.1) is 0 Å². The maximum atomic E-state index is 11.0. The fourth-order valence-corrected chi connectivity index (χ4v) is 2.85. The highest BCUT2D eigenvalue weighted by Crippen LogP contribution is 2.22. The van der Waals surface area contributed by atoms with E-state index >= 15 is 0 Å². The summed E-state index contributed by atoms with van der Waals surface area (Å²) in [7, 11) is -2.88. The van der Waals surface area contributed by atoms with E-state index in [9.17, 15) is 8.42 Å². The van der Waals surface area contributed by atoms with Gasteiger partial charge in [0.1, 0.15) is 0 Å². The van der Waals surface area contributed by atoms with E-state index in [1.807, 2.05) is 0 Å². The number of hydrogen-bond acceptors (Lipinski definition) is 3. The Bertz CT molecular complexity index is 210. The van der Waals surface area contributed by atoms with E-state index in [2.05, 4.69) is 0 Å². The van der Waals surface area contributed by atoms with Crippen molar-refractivity contribution in [3.63, 3.8) is 0 Å². The van der Waals surface area contributed by atoms with Crippen molar-refractivity contribution in [2.45, 2.75) is 30.6 Å². The summed E-state index contributed by atoms with van der Waals surface area (Å²) in [6.07, 6.45) is 3.83. The molecule has 0 spiro atoms. The molecule has 0 aliphatic heterocycles. The second kappa shape index (κ2) is 2.51. The first-order chi connectivity index (χ1) is 4.52. The molecule has 1 rings (SSSR count). The van der Waals surface area contributed by atoms with Crippen LogP contribution in [0.3, 0.4) is 0 Å². The van der Waals surface area contributed by atoms with E-state index in [-0.39, 0.29) is 11.3 Å². The first kappa shape index (κ1) is 8.01. The third-order valence-corrected chi connectivity index (χ3v) is 3.74. The minimum Gasteiger partial charge on any atom is -0.327 e. The van der Waals surface area contributed by atoms with Crippen LogP contribution in [0.25, 0.3) is 0 Å². The molecule has 1 aliphatic carbocycles. The molecule has 0 saturated heterocycles. The van der Waals surface area contributed by atoms with Crippen LogP contribution >= 0.6 is 0 Å². The van der Waals surface area contributed by atoms with Crippen molar-refractivity contribution < 1.29 is 8.42 Å². The largest absolute Gasteiger partial charge is 0.327 e. The molecule has 4 heteroatoms. The highest BCUT2D eigenvalue weighted by Gasteiger charge is 2.31. The molecule has 0 radical (unpaired) electrons. The van der Waals surface area contributed by atoms with Crippen LogP contribution in [0.5, 0.6) is 0 Å². The summed E-state index contributed by atoms with van der Waals surface area (Å²) in [5, 5.41) is -0.271. The predicted molar refractivity (Wildman–Crippen MR) is 40.5 cm³/mol. The van der Waals surface area contributed by atoms with Gasteiger partial charge in [0.25, 0.3) is 0 Å². The molecular weight excluding hydrogens is 150 g/mol. The Morgan fingerprint density at radius 3 is 2.20 bits per heavy atom. The Morgan fingerprint density at radius 1 is 1.40 bits per heavy atom. The molecule has 0 bridgehead atoms. The van der Waals surface area contributed by atoms with E-state index in [1.54, 1.807) is 0 Å². The Labute approximate surface area is 61.5 Å². The minimum atomic E-state index is -2.88. The van der Waals surface area contributed by atoms with Crippen molar-refractivity contribution in [2.24, 2.45) is 5.73 Å². The Balaban J connectivity index is 2.74. The zero-order valence-electron chi connectivity index (χ0n) is 6.08. The zero-order valence-corrected chi connectivity index (χ0v) is 6.89. The first-order valence-corrected chi connectivity index (χ1v) is 5.42. The fourth-order valence-electron chi connectivity index (χ4n) is 1.49. The average molecular weight is 163 g/mol. The van der Waals surface area contributed by atoms with Crippen molar-refractivity contribution >= 4 is 9.84 Å². The Morgan fingerprint density at radius 2 is 2.00 bits per heavy atom. The molecule has 10 heavy (non-hydrogen) atoms. The van der Waals surface area contributed by atoms with Gasteiger partial charge >= 0.3 is 0 Å². The summed E-state index contributed by atoms with van der Waals surface area (Å²) < 4.78 is 21.9. The summed E-state index contributed by atoms with van der Waals surface area (Å²) in [6, 6.07) is -0.116. The van der Waals surface area contributed by atoms with Crippen LogP contribution in [0.4, 0.5) is 0 Å². The van der Waals surface area contributed by atoms with Crippen molar-refractivity contribution in [3.8, 4) is 0 Å². The van der Waals surface area contributed by atoms with Crippen molar-refractivity contribution in [3.05, 3.63) is 0 Å². The van der Waals surface area contributed by atoms with E-state index in [0.29, 0.717) is 0 Å². The molecule has 0 aromatic rings. The number of hydrogen-bond donors (Lipinski definition) is 1. The summed E-state index contributed by atoms with van der Waals surface area (Å²) in [5.41, 5.74) is 5.59. The molecule has 0 aromatic carbocycles. The van der Waals surface area contributed by atoms with Crippen LogP contribution in [-0.2, 0) is 9.84 Å². The molecule has 60 valence electrons. The SMILES string of the molecule is CS(=O)(=O)C1CCCC1N. The van der Waals surface area contributed by atoms with E-state index in [0.717, 1.165) is 19.3 Å². The maximum Gasteiger partial charge on any atom is 0.151 e. The lowest BCUT2D eigenvalue weighted by Gasteiger charge is -2.11. The van der Waals surface area contributed by atoms with Gasteiger partial charge < -0.3 is 5.73 Å². The lowest BCUT2D eigenvalue weighted by molar-refractivity contribution is 0.574. The van der Waals surface area contributed by atoms with Crippen LogP contribution < -0.4 is 5.73 Å². The molecule has 3 nitrogen and oxygen atoms in total. The minimum absolute atomic E-state index is 0.116. The van der Waals surface area contributed by atoms with Crippen LogP contribution in [0.1, 0.15) is 19.3 Å². The van der Waals surface area contributed by atoms with Gasteiger partial charge in [-0.2, -0.15) is 0 Å². The molecule has 1 aliphatic rings. The number of sulfone groups is 1. The fraction of sp³-hybridized carbons (Fsp3) is 1.00. The van der Waals surface area contributed by atoms with Gasteiger partial charge in [0.2, 0.25) is 0 Å². The van der Waals surface area contributed by atoms with Crippen LogP contribution in [-0.4, -0.2) is 26.0 Å². The Kier molecular flexibility index (Phi) is 2.01. The molecule has 2 N–H and O–H groups in total. The third kappa shape index (κ3) is 1.49. The standard InChI is InChI=1S/C6H13NO2S/c1-10(8,9)6-4-2-3-5(6)7/h5-6H,2-4,7H2,1H3. The van der Waals surface area contributed by atoms with E-state index in [4.69, 9.17) is 5.73 Å². The number of nitrogens with two attached hydrogens (primary N) is 1. The molecule has 2 atom stereocenters. The monoisotopic (exact) mass is 163 g/mol. The van der Waals surface area contributed by atoms with Gasteiger partial charge in [0.15, 0.2) is 9.84 Å². The van der Waals surface area contributed by atoms with Gasteiger partial charge in [0.05, 0.1) is 5.25 Å². The molecular formula is C6H13NO2S. The highest BCUT2D eigenvalue weighted by molar-refractivity contribution is 7.91. The Hall–Kier alpha value is -0.0900. The highest BCUT2D eigenvalue weighted by atomic mass is 32.2. The quantitative estimate of drug-likeness (QED) is 0.587. The van der Waals surface area contributed by atoms with E-state index in [1.165, 1.54) is 6.26 Å². The molecule has 1 fully saturated rings. The maximum absolute atomic E-state index is 11.0. The summed E-state index contributed by atoms with van der Waals surface area (Å²) >= 11 is 0. The van der Waals surface area contributed by atoms with Crippen molar-refractivity contribution in [1.82, 2.24) is 0 Å². The van der Waals surface area contributed by atoms with E-state index < -0.39 is 9.84 Å². The summed E-state index contributed by atoms with van der Waals surface area (Å²) in [6.45, 7) is 0.